The summed E-state index contributed by atoms with van der Waals surface area (Å²) in [6, 6.07) is 7.56. The van der Waals surface area contributed by atoms with Gasteiger partial charge in [-0.25, -0.2) is 5.84 Å². The predicted octanol–water partition coefficient (Wildman–Crippen LogP) is 2.57. The SMILES string of the molecule is CC(C)C(C)SCc1ccc(C(=O)NN)cc1. The molecule has 0 heterocycles. The fraction of sp³-hybridized carbons (Fsp3) is 0.462. The van der Waals surface area contributed by atoms with E-state index >= 15 is 0 Å². The van der Waals surface area contributed by atoms with Gasteiger partial charge in [-0.05, 0) is 23.6 Å². The van der Waals surface area contributed by atoms with E-state index in [0.717, 1.165) is 5.75 Å². The van der Waals surface area contributed by atoms with Crippen molar-refractivity contribution in [3.8, 4) is 0 Å². The molecule has 3 nitrogen and oxygen atoms in total. The number of nitrogens with one attached hydrogen (secondary N) is 1. The number of nitrogens with two attached hydrogens (primary N) is 1. The molecule has 0 aliphatic heterocycles. The van der Waals surface area contributed by atoms with Gasteiger partial charge in [-0.2, -0.15) is 11.8 Å². The highest BCUT2D eigenvalue weighted by atomic mass is 32.2. The monoisotopic (exact) mass is 252 g/mol. The number of hydrazine groups is 1. The number of rotatable bonds is 5. The Morgan fingerprint density at radius 3 is 2.35 bits per heavy atom. The number of hydrogen-bond acceptors (Lipinski definition) is 3. The molecule has 0 bridgehead atoms. The molecule has 17 heavy (non-hydrogen) atoms. The van der Waals surface area contributed by atoms with Crippen LogP contribution in [0.5, 0.6) is 0 Å². The maximum Gasteiger partial charge on any atom is 0.265 e. The molecular weight excluding hydrogens is 232 g/mol. The summed E-state index contributed by atoms with van der Waals surface area (Å²) in [5.74, 6) is 6.48. The first-order valence-corrected chi connectivity index (χ1v) is 6.81. The van der Waals surface area contributed by atoms with Crippen molar-refractivity contribution < 1.29 is 4.79 Å². The van der Waals surface area contributed by atoms with Gasteiger partial charge in [0.2, 0.25) is 0 Å². The highest BCUT2D eigenvalue weighted by Gasteiger charge is 2.08. The summed E-state index contributed by atoms with van der Waals surface area (Å²) in [5.41, 5.74) is 3.95. The van der Waals surface area contributed by atoms with Crippen LogP contribution in [-0.2, 0) is 5.75 Å². The van der Waals surface area contributed by atoms with E-state index in [1.54, 1.807) is 12.1 Å². The van der Waals surface area contributed by atoms with Gasteiger partial charge < -0.3 is 0 Å². The maximum atomic E-state index is 11.2. The quantitative estimate of drug-likeness (QED) is 0.481. The van der Waals surface area contributed by atoms with Gasteiger partial charge in [0.1, 0.15) is 0 Å². The summed E-state index contributed by atoms with van der Waals surface area (Å²) in [6.45, 7) is 6.70. The van der Waals surface area contributed by atoms with E-state index in [1.807, 2.05) is 23.9 Å². The third-order valence-electron chi connectivity index (χ3n) is 2.80. The zero-order valence-corrected chi connectivity index (χ0v) is 11.4. The second-order valence-electron chi connectivity index (χ2n) is 4.43. The van der Waals surface area contributed by atoms with Crippen molar-refractivity contribution in [3.63, 3.8) is 0 Å². The van der Waals surface area contributed by atoms with Gasteiger partial charge in [0.05, 0.1) is 0 Å². The largest absolute Gasteiger partial charge is 0.290 e. The molecule has 0 saturated carbocycles. The molecular formula is C13H20N2OS. The molecule has 0 saturated heterocycles. The molecule has 3 N–H and O–H groups in total. The first kappa shape index (κ1) is 14.1. The van der Waals surface area contributed by atoms with E-state index < -0.39 is 0 Å². The number of nitrogen functional groups attached to an aromatic ring is 1. The molecule has 1 rings (SSSR count). The molecule has 1 unspecified atom stereocenters. The summed E-state index contributed by atoms with van der Waals surface area (Å²) < 4.78 is 0. The summed E-state index contributed by atoms with van der Waals surface area (Å²) in [7, 11) is 0. The lowest BCUT2D eigenvalue weighted by Gasteiger charge is -2.14. The Labute approximate surface area is 107 Å². The van der Waals surface area contributed by atoms with Crippen LogP contribution >= 0.6 is 11.8 Å². The molecule has 0 radical (unpaired) electrons. The van der Waals surface area contributed by atoms with E-state index in [2.05, 4.69) is 26.2 Å². The molecule has 1 aromatic rings. The fourth-order valence-corrected chi connectivity index (χ4v) is 2.29. The van der Waals surface area contributed by atoms with E-state index in [4.69, 9.17) is 5.84 Å². The van der Waals surface area contributed by atoms with Crippen LogP contribution in [0, 0.1) is 5.92 Å². The maximum absolute atomic E-state index is 11.2. The molecule has 0 aliphatic carbocycles. The molecule has 0 aliphatic rings. The standard InChI is InChI=1S/C13H20N2OS/c1-9(2)10(3)17-8-11-4-6-12(7-5-11)13(16)15-14/h4-7,9-10H,8,14H2,1-3H3,(H,15,16). The highest BCUT2D eigenvalue weighted by Crippen LogP contribution is 2.23. The number of thioether (sulfide) groups is 1. The van der Waals surface area contributed by atoms with Gasteiger partial charge in [0.25, 0.3) is 5.91 Å². The lowest BCUT2D eigenvalue weighted by atomic mass is 10.1. The number of carbonyl (C=O) groups is 1. The van der Waals surface area contributed by atoms with Crippen LogP contribution < -0.4 is 11.3 Å². The van der Waals surface area contributed by atoms with E-state index in [1.165, 1.54) is 5.56 Å². The van der Waals surface area contributed by atoms with E-state index in [9.17, 15) is 4.79 Å². The van der Waals surface area contributed by atoms with Crippen molar-refractivity contribution in [2.24, 2.45) is 11.8 Å². The van der Waals surface area contributed by atoms with Gasteiger partial charge in [0.15, 0.2) is 0 Å². The van der Waals surface area contributed by atoms with Gasteiger partial charge in [0, 0.05) is 16.6 Å². The summed E-state index contributed by atoms with van der Waals surface area (Å²) in [4.78, 5) is 11.2. The average molecular weight is 252 g/mol. The Morgan fingerprint density at radius 1 is 1.29 bits per heavy atom. The second-order valence-corrected chi connectivity index (χ2v) is 5.80. The van der Waals surface area contributed by atoms with E-state index in [-0.39, 0.29) is 5.91 Å². The normalized spacial score (nSPS) is 12.5. The molecule has 0 fully saturated rings. The lowest BCUT2D eigenvalue weighted by Crippen LogP contribution is -2.29. The molecule has 1 aromatic carbocycles. The summed E-state index contributed by atoms with van der Waals surface area (Å²) >= 11 is 1.93. The second kappa shape index (κ2) is 6.67. The number of amides is 1. The van der Waals surface area contributed by atoms with Crippen LogP contribution in [0.4, 0.5) is 0 Å². The minimum atomic E-state index is -0.250. The number of carbonyl (C=O) groups excluding carboxylic acids is 1. The highest BCUT2D eigenvalue weighted by molar-refractivity contribution is 7.99. The summed E-state index contributed by atoms with van der Waals surface area (Å²) in [5, 5.41) is 0.641. The smallest absolute Gasteiger partial charge is 0.265 e. The molecule has 0 aromatic heterocycles. The Morgan fingerprint density at radius 2 is 1.88 bits per heavy atom. The Hall–Kier alpha value is -1.00. The first-order valence-electron chi connectivity index (χ1n) is 5.76. The van der Waals surface area contributed by atoms with Crippen molar-refractivity contribution in [1.82, 2.24) is 5.43 Å². The van der Waals surface area contributed by atoms with Crippen LogP contribution in [0.15, 0.2) is 24.3 Å². The number of hydrogen-bond donors (Lipinski definition) is 2. The topological polar surface area (TPSA) is 55.1 Å². The average Bonchev–Trinajstić information content (AvgIpc) is 2.35. The third kappa shape index (κ3) is 4.40. The molecule has 94 valence electrons. The molecule has 1 amide bonds. The predicted molar refractivity (Wildman–Crippen MR) is 73.7 cm³/mol. The van der Waals surface area contributed by atoms with Crippen molar-refractivity contribution in [3.05, 3.63) is 35.4 Å². The third-order valence-corrected chi connectivity index (χ3v) is 4.37. The van der Waals surface area contributed by atoms with Crippen LogP contribution in [0.1, 0.15) is 36.7 Å². The Kier molecular flexibility index (Phi) is 5.51. The van der Waals surface area contributed by atoms with Gasteiger partial charge in [-0.3, -0.25) is 10.2 Å². The van der Waals surface area contributed by atoms with Crippen LogP contribution in [0.2, 0.25) is 0 Å². The summed E-state index contributed by atoms with van der Waals surface area (Å²) in [6.07, 6.45) is 0. The van der Waals surface area contributed by atoms with Gasteiger partial charge in [-0.15, -0.1) is 0 Å². The van der Waals surface area contributed by atoms with Crippen LogP contribution in [0.25, 0.3) is 0 Å². The zero-order chi connectivity index (χ0) is 12.8. The zero-order valence-electron chi connectivity index (χ0n) is 10.6. The van der Waals surface area contributed by atoms with Crippen molar-refractivity contribution >= 4 is 17.7 Å². The Balaban J connectivity index is 2.54. The molecule has 4 heteroatoms. The van der Waals surface area contributed by atoms with Gasteiger partial charge in [-0.1, -0.05) is 32.9 Å². The molecule has 0 spiro atoms. The Bertz CT molecular complexity index is 362. The fourth-order valence-electron chi connectivity index (χ4n) is 1.26. The lowest BCUT2D eigenvalue weighted by molar-refractivity contribution is 0.0953. The number of benzene rings is 1. The van der Waals surface area contributed by atoms with E-state index in [0.29, 0.717) is 16.7 Å². The van der Waals surface area contributed by atoms with Crippen molar-refractivity contribution in [2.75, 3.05) is 0 Å². The molecule has 1 atom stereocenters. The van der Waals surface area contributed by atoms with Crippen LogP contribution in [-0.4, -0.2) is 11.2 Å². The van der Waals surface area contributed by atoms with Crippen molar-refractivity contribution in [2.45, 2.75) is 31.8 Å². The van der Waals surface area contributed by atoms with Crippen LogP contribution in [0.3, 0.4) is 0 Å². The minimum absolute atomic E-state index is 0.250. The minimum Gasteiger partial charge on any atom is -0.290 e. The first-order chi connectivity index (χ1) is 8.04. The van der Waals surface area contributed by atoms with Gasteiger partial charge >= 0.3 is 0 Å². The van der Waals surface area contributed by atoms with Crippen molar-refractivity contribution in [1.29, 1.82) is 0 Å².